The van der Waals surface area contributed by atoms with E-state index in [1.54, 1.807) is 6.26 Å². The Morgan fingerprint density at radius 1 is 1.21 bits per heavy atom. The monoisotopic (exact) mass is 300 g/mol. The first-order valence-electron chi connectivity index (χ1n) is 4.33. The molecule has 0 aliphatic heterocycles. The van der Waals surface area contributed by atoms with Crippen molar-refractivity contribution in [1.29, 1.82) is 0 Å². The van der Waals surface area contributed by atoms with Gasteiger partial charge in [0.2, 0.25) is 0 Å². The lowest BCUT2D eigenvalue weighted by Gasteiger charge is -1.97. The molecule has 2 heterocycles. The van der Waals surface area contributed by atoms with Gasteiger partial charge in [0, 0.05) is 28.8 Å². The van der Waals surface area contributed by atoms with E-state index in [0.29, 0.717) is 0 Å². The van der Waals surface area contributed by atoms with Crippen molar-refractivity contribution in [3.8, 4) is 0 Å². The van der Waals surface area contributed by atoms with Crippen LogP contribution in [0, 0.1) is 3.57 Å². The van der Waals surface area contributed by atoms with Crippen LogP contribution in [0.25, 0.3) is 0 Å². The predicted octanol–water partition coefficient (Wildman–Crippen LogP) is 2.46. The summed E-state index contributed by atoms with van der Waals surface area (Å²) >= 11 is 2.19. The molecule has 4 heteroatoms. The van der Waals surface area contributed by atoms with E-state index < -0.39 is 0 Å². The zero-order valence-electron chi connectivity index (χ0n) is 7.48. The quantitative estimate of drug-likeness (QED) is 0.817. The third-order valence-corrected chi connectivity index (χ3v) is 2.41. The molecule has 2 rings (SSSR count). The summed E-state index contributed by atoms with van der Waals surface area (Å²) in [4.78, 5) is 8.43. The summed E-state index contributed by atoms with van der Waals surface area (Å²) < 4.78 is 6.28. The lowest BCUT2D eigenvalue weighted by molar-refractivity contribution is 0.506. The number of halogens is 1. The minimum Gasteiger partial charge on any atom is -0.469 e. The molecule has 0 aliphatic carbocycles. The lowest BCUT2D eigenvalue weighted by Crippen LogP contribution is -1.97. The Bertz CT molecular complexity index is 383. The van der Waals surface area contributed by atoms with Crippen molar-refractivity contribution in [2.24, 2.45) is 0 Å². The first-order valence-corrected chi connectivity index (χ1v) is 5.41. The first kappa shape index (κ1) is 9.64. The van der Waals surface area contributed by atoms with E-state index in [1.165, 1.54) is 0 Å². The highest BCUT2D eigenvalue weighted by molar-refractivity contribution is 14.1. The van der Waals surface area contributed by atoms with Crippen LogP contribution >= 0.6 is 22.6 Å². The topological polar surface area (TPSA) is 38.9 Å². The van der Waals surface area contributed by atoms with Gasteiger partial charge in [-0.15, -0.1) is 0 Å². The van der Waals surface area contributed by atoms with E-state index in [2.05, 4.69) is 32.6 Å². The van der Waals surface area contributed by atoms with Crippen LogP contribution in [0.15, 0.2) is 35.2 Å². The molecule has 0 fully saturated rings. The van der Waals surface area contributed by atoms with Gasteiger partial charge in [-0.25, -0.2) is 9.97 Å². The van der Waals surface area contributed by atoms with Gasteiger partial charge in [-0.05, 0) is 34.7 Å². The number of aromatic nitrogens is 2. The average molecular weight is 300 g/mol. The van der Waals surface area contributed by atoms with E-state index in [1.807, 2.05) is 24.5 Å². The Balaban J connectivity index is 1.95. The summed E-state index contributed by atoms with van der Waals surface area (Å²) in [7, 11) is 0. The summed E-state index contributed by atoms with van der Waals surface area (Å²) in [5, 5.41) is 0. The molecule has 72 valence electrons. The molecule has 0 saturated carbocycles. The van der Waals surface area contributed by atoms with Crippen molar-refractivity contribution in [3.63, 3.8) is 0 Å². The standard InChI is InChI=1S/C10H9IN2O/c11-8-6-12-10(13-7-8)4-3-9-2-1-5-14-9/h1-2,5-7H,3-4H2. The molecule has 0 saturated heterocycles. The van der Waals surface area contributed by atoms with Gasteiger partial charge in [0.1, 0.15) is 11.6 Å². The Morgan fingerprint density at radius 2 is 2.00 bits per heavy atom. The first-order chi connectivity index (χ1) is 6.84. The smallest absolute Gasteiger partial charge is 0.128 e. The average Bonchev–Trinajstić information content (AvgIpc) is 2.70. The summed E-state index contributed by atoms with van der Waals surface area (Å²) in [6, 6.07) is 3.86. The van der Waals surface area contributed by atoms with Crippen LogP contribution in [0.5, 0.6) is 0 Å². The van der Waals surface area contributed by atoms with E-state index in [9.17, 15) is 0 Å². The highest BCUT2D eigenvalue weighted by Crippen LogP contribution is 2.05. The van der Waals surface area contributed by atoms with Crippen LogP contribution in [0.2, 0.25) is 0 Å². The maximum atomic E-state index is 5.22. The van der Waals surface area contributed by atoms with Gasteiger partial charge in [-0.3, -0.25) is 0 Å². The molecule has 0 spiro atoms. The molecule has 2 aromatic rings. The van der Waals surface area contributed by atoms with Crippen LogP contribution in [0.3, 0.4) is 0 Å². The zero-order chi connectivity index (χ0) is 9.80. The number of nitrogens with zero attached hydrogens (tertiary/aromatic N) is 2. The van der Waals surface area contributed by atoms with Gasteiger partial charge >= 0.3 is 0 Å². The van der Waals surface area contributed by atoms with Gasteiger partial charge < -0.3 is 4.42 Å². The minimum atomic E-state index is 0.824. The third kappa shape index (κ3) is 2.54. The SMILES string of the molecule is Ic1cnc(CCc2ccco2)nc1. The summed E-state index contributed by atoms with van der Waals surface area (Å²) in [6.07, 6.45) is 7.01. The summed E-state index contributed by atoms with van der Waals surface area (Å²) in [6.45, 7) is 0. The second-order valence-electron chi connectivity index (χ2n) is 2.90. The van der Waals surface area contributed by atoms with Gasteiger partial charge in [-0.2, -0.15) is 0 Å². The molecule has 0 N–H and O–H groups in total. The van der Waals surface area contributed by atoms with E-state index in [-0.39, 0.29) is 0 Å². The van der Waals surface area contributed by atoms with Crippen molar-refractivity contribution in [1.82, 2.24) is 9.97 Å². The Morgan fingerprint density at radius 3 is 2.64 bits per heavy atom. The van der Waals surface area contributed by atoms with Gasteiger partial charge in [0.25, 0.3) is 0 Å². The Labute approximate surface area is 95.7 Å². The number of hydrogen-bond acceptors (Lipinski definition) is 3. The molecule has 0 aromatic carbocycles. The maximum Gasteiger partial charge on any atom is 0.128 e. The number of rotatable bonds is 3. The maximum absolute atomic E-state index is 5.22. The van der Waals surface area contributed by atoms with E-state index >= 15 is 0 Å². The fourth-order valence-corrected chi connectivity index (χ4v) is 1.44. The third-order valence-electron chi connectivity index (χ3n) is 1.85. The molecule has 0 aliphatic rings. The van der Waals surface area contributed by atoms with Crippen LogP contribution < -0.4 is 0 Å². The minimum absolute atomic E-state index is 0.824. The Hall–Kier alpha value is -0.910. The summed E-state index contributed by atoms with van der Waals surface area (Å²) in [5.74, 6) is 1.84. The number of hydrogen-bond donors (Lipinski definition) is 0. The van der Waals surface area contributed by atoms with Crippen molar-refractivity contribution in [2.45, 2.75) is 12.8 Å². The number of furan rings is 1. The Kier molecular flexibility index (Phi) is 3.13. The molecule has 0 radical (unpaired) electrons. The molecular weight excluding hydrogens is 291 g/mol. The lowest BCUT2D eigenvalue weighted by atomic mass is 10.2. The molecule has 3 nitrogen and oxygen atoms in total. The normalized spacial score (nSPS) is 10.4. The predicted molar refractivity (Wildman–Crippen MR) is 60.9 cm³/mol. The van der Waals surface area contributed by atoms with Crippen LogP contribution in [-0.4, -0.2) is 9.97 Å². The molecule has 0 unspecified atom stereocenters. The van der Waals surface area contributed by atoms with E-state index in [0.717, 1.165) is 28.0 Å². The van der Waals surface area contributed by atoms with Crippen molar-refractivity contribution < 1.29 is 4.42 Å². The van der Waals surface area contributed by atoms with Crippen molar-refractivity contribution in [3.05, 3.63) is 45.9 Å². The van der Waals surface area contributed by atoms with Crippen LogP contribution in [0.4, 0.5) is 0 Å². The van der Waals surface area contributed by atoms with Crippen LogP contribution in [0.1, 0.15) is 11.6 Å². The largest absolute Gasteiger partial charge is 0.469 e. The molecule has 0 amide bonds. The van der Waals surface area contributed by atoms with Gasteiger partial charge in [0.05, 0.1) is 6.26 Å². The van der Waals surface area contributed by atoms with E-state index in [4.69, 9.17) is 4.42 Å². The highest BCUT2D eigenvalue weighted by Gasteiger charge is 1.99. The van der Waals surface area contributed by atoms with Gasteiger partial charge in [-0.1, -0.05) is 0 Å². The summed E-state index contributed by atoms with van der Waals surface area (Å²) in [5.41, 5.74) is 0. The van der Waals surface area contributed by atoms with Crippen molar-refractivity contribution >= 4 is 22.6 Å². The zero-order valence-corrected chi connectivity index (χ0v) is 9.64. The molecule has 0 bridgehead atoms. The fourth-order valence-electron chi connectivity index (χ4n) is 1.16. The van der Waals surface area contributed by atoms with Crippen molar-refractivity contribution in [2.75, 3.05) is 0 Å². The molecule has 0 atom stereocenters. The van der Waals surface area contributed by atoms with Gasteiger partial charge in [0.15, 0.2) is 0 Å². The van der Waals surface area contributed by atoms with Crippen LogP contribution in [-0.2, 0) is 12.8 Å². The highest BCUT2D eigenvalue weighted by atomic mass is 127. The fraction of sp³-hybridized carbons (Fsp3) is 0.200. The molecular formula is C10H9IN2O. The number of aryl methyl sites for hydroxylation is 2. The second kappa shape index (κ2) is 4.54. The molecule has 2 aromatic heterocycles. The second-order valence-corrected chi connectivity index (χ2v) is 4.14. The molecule has 14 heavy (non-hydrogen) atoms.